The smallest absolute Gasteiger partial charge is 0.412 e. The standard InChI is InChI=1S/C25H46O2SSi.C8H14O/c1-10-13-17-26-29(18-14-11-2,23(28)12-3)27-22-16-15-20(24(4,5)6)19-21(22)25(7,8)9;1-2-3-4-5-7-6-8(7)9/h15-16,19,23,28H,10-14,17-18H2,1-9H3;7H,2-6H2,1H3. The number of carbonyl (C=O) groups excluding carboxylic acids is 1. The van der Waals surface area contributed by atoms with Gasteiger partial charge in [-0.05, 0) is 47.3 Å². The Morgan fingerprint density at radius 2 is 1.53 bits per heavy atom. The van der Waals surface area contributed by atoms with Crippen molar-refractivity contribution in [2.24, 2.45) is 5.92 Å². The lowest BCUT2D eigenvalue weighted by atomic mass is 9.80. The van der Waals surface area contributed by atoms with Crippen LogP contribution in [0.4, 0.5) is 0 Å². The molecule has 1 aromatic carbocycles. The molecule has 3 atom stereocenters. The Bertz CT molecular complexity index is 827. The molecule has 1 saturated carbocycles. The minimum absolute atomic E-state index is 0.00319. The number of Topliss-reactive ketones (excluding diaryl/α,β-unsaturated/α-hetero) is 1. The average Bonchev–Trinajstić information content (AvgIpc) is 3.56. The van der Waals surface area contributed by atoms with E-state index in [-0.39, 0.29) is 15.7 Å². The zero-order chi connectivity index (χ0) is 29.0. The van der Waals surface area contributed by atoms with Crippen molar-refractivity contribution in [3.63, 3.8) is 0 Å². The van der Waals surface area contributed by atoms with E-state index in [2.05, 4.69) is 87.4 Å². The van der Waals surface area contributed by atoms with E-state index in [4.69, 9.17) is 21.5 Å². The summed E-state index contributed by atoms with van der Waals surface area (Å²) >= 11 is 5.00. The molecule has 0 spiro atoms. The van der Waals surface area contributed by atoms with Gasteiger partial charge in [0, 0.05) is 25.0 Å². The number of hydrogen-bond donors (Lipinski definition) is 1. The summed E-state index contributed by atoms with van der Waals surface area (Å²) in [4.78, 5) is 10.6. The van der Waals surface area contributed by atoms with E-state index >= 15 is 0 Å². The average molecular weight is 565 g/mol. The molecule has 0 heterocycles. The molecule has 0 bridgehead atoms. The molecule has 1 fully saturated rings. The van der Waals surface area contributed by atoms with Crippen molar-refractivity contribution in [1.82, 2.24) is 0 Å². The number of ketones is 1. The Hall–Kier alpha value is -0.783. The van der Waals surface area contributed by atoms with E-state index in [0.717, 1.165) is 63.3 Å². The molecule has 38 heavy (non-hydrogen) atoms. The van der Waals surface area contributed by atoms with Crippen LogP contribution in [-0.4, -0.2) is 25.8 Å². The Labute approximate surface area is 242 Å². The van der Waals surface area contributed by atoms with Gasteiger partial charge in [-0.3, -0.25) is 4.79 Å². The van der Waals surface area contributed by atoms with Gasteiger partial charge >= 0.3 is 8.56 Å². The molecule has 1 aliphatic rings. The highest BCUT2D eigenvalue weighted by Gasteiger charge is 2.46. The van der Waals surface area contributed by atoms with Crippen LogP contribution < -0.4 is 4.43 Å². The monoisotopic (exact) mass is 564 g/mol. The number of unbranched alkanes of at least 4 members (excludes halogenated alkanes) is 4. The van der Waals surface area contributed by atoms with Crippen molar-refractivity contribution >= 4 is 27.0 Å². The minimum Gasteiger partial charge on any atom is -0.519 e. The summed E-state index contributed by atoms with van der Waals surface area (Å²) < 4.78 is 13.6. The van der Waals surface area contributed by atoms with E-state index in [0.29, 0.717) is 11.7 Å². The quantitative estimate of drug-likeness (QED) is 0.131. The molecule has 0 aliphatic heterocycles. The Morgan fingerprint density at radius 1 is 0.921 bits per heavy atom. The maximum atomic E-state index is 10.5. The van der Waals surface area contributed by atoms with Crippen LogP contribution in [0.1, 0.15) is 145 Å². The van der Waals surface area contributed by atoms with Gasteiger partial charge in [-0.2, -0.15) is 12.6 Å². The van der Waals surface area contributed by atoms with Crippen LogP contribution in [0, 0.1) is 5.92 Å². The fourth-order valence-electron chi connectivity index (χ4n) is 4.55. The molecular weight excluding hydrogens is 505 g/mol. The second-order valence-electron chi connectivity index (χ2n) is 13.2. The van der Waals surface area contributed by atoms with Crippen LogP contribution in [0.5, 0.6) is 5.75 Å². The highest BCUT2D eigenvalue weighted by Crippen LogP contribution is 2.39. The molecule has 0 saturated heterocycles. The number of carbonyl (C=O) groups is 1. The summed E-state index contributed by atoms with van der Waals surface area (Å²) in [5, 5.41) is 0. The molecule has 3 unspecified atom stereocenters. The van der Waals surface area contributed by atoms with Crippen LogP contribution in [0.15, 0.2) is 18.2 Å². The molecule has 1 aliphatic carbocycles. The molecule has 0 N–H and O–H groups in total. The minimum atomic E-state index is -2.51. The van der Waals surface area contributed by atoms with E-state index in [1.165, 1.54) is 30.4 Å². The van der Waals surface area contributed by atoms with Gasteiger partial charge in [-0.15, -0.1) is 0 Å². The maximum Gasteiger partial charge on any atom is 0.412 e. The Morgan fingerprint density at radius 3 is 2.00 bits per heavy atom. The maximum absolute atomic E-state index is 10.5. The Balaban J connectivity index is 0.000000671. The number of hydrogen-bond acceptors (Lipinski definition) is 4. The zero-order valence-electron chi connectivity index (χ0n) is 26.5. The summed E-state index contributed by atoms with van der Waals surface area (Å²) in [6.07, 6.45) is 11.3. The van der Waals surface area contributed by atoms with Crippen LogP contribution in [-0.2, 0) is 20.1 Å². The predicted octanol–water partition coefficient (Wildman–Crippen LogP) is 10.1. The molecule has 0 radical (unpaired) electrons. The normalized spacial score (nSPS) is 17.9. The van der Waals surface area contributed by atoms with Gasteiger partial charge < -0.3 is 8.85 Å². The fraction of sp³-hybridized carbons (Fsp3) is 0.788. The molecule has 1 aromatic rings. The fourth-order valence-corrected chi connectivity index (χ4v) is 8.80. The SMILES string of the molecule is CCCCCC1CC1=O.CCCCO[Si](CCCC)(Oc1ccc(C(C)(C)C)cc1C(C)(C)C)C(S)CC. The molecule has 2 rings (SSSR count). The molecule has 0 amide bonds. The van der Waals surface area contributed by atoms with Gasteiger partial charge in [0.25, 0.3) is 0 Å². The lowest BCUT2D eigenvalue weighted by molar-refractivity contribution is -0.111. The van der Waals surface area contributed by atoms with Gasteiger partial charge in [-0.25, -0.2) is 0 Å². The number of thiol groups is 1. The summed E-state index contributed by atoms with van der Waals surface area (Å²) in [5.74, 6) is 1.97. The lowest BCUT2D eigenvalue weighted by Crippen LogP contribution is -2.54. The van der Waals surface area contributed by atoms with Crippen molar-refractivity contribution in [1.29, 1.82) is 0 Å². The van der Waals surface area contributed by atoms with E-state index in [9.17, 15) is 4.79 Å². The molecule has 5 heteroatoms. The first-order valence-electron chi connectivity index (χ1n) is 15.4. The summed E-state index contributed by atoms with van der Waals surface area (Å²) in [6.45, 7) is 23.2. The third-order valence-corrected chi connectivity index (χ3v) is 12.7. The van der Waals surface area contributed by atoms with Crippen LogP contribution in [0.25, 0.3) is 0 Å². The lowest BCUT2D eigenvalue weighted by Gasteiger charge is -2.37. The third kappa shape index (κ3) is 11.8. The van der Waals surface area contributed by atoms with Gasteiger partial charge in [0.05, 0.1) is 4.87 Å². The van der Waals surface area contributed by atoms with E-state index in [1.807, 2.05) is 0 Å². The second-order valence-corrected chi connectivity index (χ2v) is 17.6. The molecular formula is C33H60O3SSi. The van der Waals surface area contributed by atoms with Crippen molar-refractivity contribution in [3.05, 3.63) is 29.3 Å². The molecule has 0 aromatic heterocycles. The second kappa shape index (κ2) is 16.5. The summed E-state index contributed by atoms with van der Waals surface area (Å²) in [6, 6.07) is 7.77. The predicted molar refractivity (Wildman–Crippen MR) is 171 cm³/mol. The van der Waals surface area contributed by atoms with Crippen LogP contribution >= 0.6 is 12.6 Å². The summed E-state index contributed by atoms with van der Waals surface area (Å²) in [7, 11) is -2.51. The van der Waals surface area contributed by atoms with Crippen molar-refractivity contribution in [2.45, 2.75) is 155 Å². The zero-order valence-corrected chi connectivity index (χ0v) is 28.4. The highest BCUT2D eigenvalue weighted by molar-refractivity contribution is 7.83. The number of benzene rings is 1. The van der Waals surface area contributed by atoms with Crippen LogP contribution in [0.3, 0.4) is 0 Å². The van der Waals surface area contributed by atoms with Gasteiger partial charge in [0.15, 0.2) is 0 Å². The molecule has 220 valence electrons. The Kier molecular flexibility index (Phi) is 15.3. The van der Waals surface area contributed by atoms with Crippen molar-refractivity contribution in [2.75, 3.05) is 6.61 Å². The van der Waals surface area contributed by atoms with E-state index < -0.39 is 8.56 Å². The van der Waals surface area contributed by atoms with Crippen LogP contribution in [0.2, 0.25) is 6.04 Å². The van der Waals surface area contributed by atoms with E-state index in [1.54, 1.807) is 0 Å². The first kappa shape index (κ1) is 35.2. The van der Waals surface area contributed by atoms with Crippen molar-refractivity contribution < 1.29 is 13.6 Å². The van der Waals surface area contributed by atoms with Gasteiger partial charge in [0.2, 0.25) is 0 Å². The summed E-state index contributed by atoms with van der Waals surface area (Å²) in [5.41, 5.74) is 2.74. The first-order chi connectivity index (χ1) is 17.8. The highest BCUT2D eigenvalue weighted by atomic mass is 32.1. The third-order valence-electron chi connectivity index (χ3n) is 7.45. The molecule has 3 nitrogen and oxygen atoms in total. The van der Waals surface area contributed by atoms with Crippen molar-refractivity contribution in [3.8, 4) is 5.75 Å². The first-order valence-corrected chi connectivity index (χ1v) is 18.1. The van der Waals surface area contributed by atoms with Gasteiger partial charge in [-0.1, -0.05) is 120 Å². The largest absolute Gasteiger partial charge is 0.519 e. The topological polar surface area (TPSA) is 35.5 Å². The number of rotatable bonds is 15. The van der Waals surface area contributed by atoms with Gasteiger partial charge in [0.1, 0.15) is 11.5 Å².